The van der Waals surface area contributed by atoms with E-state index >= 15 is 0 Å². The predicted octanol–water partition coefficient (Wildman–Crippen LogP) is 3.20. The molecule has 2 aromatic rings. The molecule has 1 aliphatic carbocycles. The van der Waals surface area contributed by atoms with Gasteiger partial charge in [-0.25, -0.2) is 4.68 Å². The van der Waals surface area contributed by atoms with E-state index in [1.54, 1.807) is 4.57 Å². The fraction of sp³-hybridized carbons (Fsp3) is 0.615. The second kappa shape index (κ2) is 9.27. The second-order valence-electron chi connectivity index (χ2n) is 10.1. The van der Waals surface area contributed by atoms with Gasteiger partial charge < -0.3 is 4.90 Å². The fourth-order valence-corrected chi connectivity index (χ4v) is 5.96. The minimum atomic E-state index is -0.497. The minimum Gasteiger partial charge on any atom is -0.338 e. The van der Waals surface area contributed by atoms with E-state index in [0.717, 1.165) is 32.1 Å². The number of amides is 1. The Hall–Kier alpha value is -2.70. The van der Waals surface area contributed by atoms with Crippen molar-refractivity contribution < 1.29 is 4.79 Å². The summed E-state index contributed by atoms with van der Waals surface area (Å²) >= 11 is 0. The van der Waals surface area contributed by atoms with Gasteiger partial charge in [-0.15, -0.1) is 0 Å². The maximum Gasteiger partial charge on any atom is 0.332 e. The lowest BCUT2D eigenvalue weighted by Gasteiger charge is -2.34. The summed E-state index contributed by atoms with van der Waals surface area (Å²) in [7, 11) is 0. The Bertz CT molecular complexity index is 1130. The molecule has 7 nitrogen and oxygen atoms in total. The number of rotatable bonds is 5. The van der Waals surface area contributed by atoms with Gasteiger partial charge in [0, 0.05) is 37.7 Å². The number of nitrogens with zero attached hydrogens (tertiary/aromatic N) is 4. The molecule has 5 rings (SSSR count). The van der Waals surface area contributed by atoms with Crippen molar-refractivity contribution >= 4 is 5.91 Å². The van der Waals surface area contributed by atoms with Crippen LogP contribution < -0.4 is 11.1 Å². The van der Waals surface area contributed by atoms with Crippen molar-refractivity contribution in [3.05, 3.63) is 61.9 Å². The van der Waals surface area contributed by atoms with Gasteiger partial charge in [0.25, 0.3) is 5.91 Å². The molecule has 1 saturated heterocycles. The molecule has 1 saturated carbocycles. The van der Waals surface area contributed by atoms with Crippen LogP contribution in [0.5, 0.6) is 0 Å². The topological polar surface area (TPSA) is 77.2 Å². The molecular weight excluding hydrogens is 416 g/mol. The Balaban J connectivity index is 1.37. The Morgan fingerprint density at radius 1 is 1.00 bits per heavy atom. The molecule has 3 aliphatic rings. The van der Waals surface area contributed by atoms with Crippen LogP contribution in [0, 0.1) is 11.8 Å². The molecule has 0 bridgehead atoms. The molecule has 2 aliphatic heterocycles. The third-order valence-corrected chi connectivity index (χ3v) is 7.85. The SMILES string of the molecule is CCCc1ccc(C(=O)N2CCC3Cn4c(nn(CC5CCCCC5)c(=O)c4=O)C3C2)cc1. The number of fused-ring (bicyclic) bond motifs is 3. The van der Waals surface area contributed by atoms with E-state index in [0.29, 0.717) is 43.5 Å². The van der Waals surface area contributed by atoms with Crippen LogP contribution in [0.2, 0.25) is 0 Å². The molecule has 2 fully saturated rings. The lowest BCUT2D eigenvalue weighted by atomic mass is 9.87. The lowest BCUT2D eigenvalue weighted by Crippen LogP contribution is -2.45. The monoisotopic (exact) mass is 450 g/mol. The molecule has 2 unspecified atom stereocenters. The maximum absolute atomic E-state index is 13.2. The lowest BCUT2D eigenvalue weighted by molar-refractivity contribution is 0.0667. The summed E-state index contributed by atoms with van der Waals surface area (Å²) in [6.45, 7) is 4.45. The van der Waals surface area contributed by atoms with E-state index in [4.69, 9.17) is 5.10 Å². The maximum atomic E-state index is 13.2. The summed E-state index contributed by atoms with van der Waals surface area (Å²) in [6.07, 6.45) is 8.73. The highest BCUT2D eigenvalue weighted by atomic mass is 16.2. The average molecular weight is 451 g/mol. The van der Waals surface area contributed by atoms with Crippen molar-refractivity contribution in [3.63, 3.8) is 0 Å². The van der Waals surface area contributed by atoms with Crippen LogP contribution >= 0.6 is 0 Å². The number of piperidine rings is 1. The largest absolute Gasteiger partial charge is 0.338 e. The average Bonchev–Trinajstić information content (AvgIpc) is 3.21. The quantitative estimate of drug-likeness (QED) is 0.656. The van der Waals surface area contributed by atoms with Crippen LogP contribution in [0.15, 0.2) is 33.9 Å². The van der Waals surface area contributed by atoms with E-state index < -0.39 is 11.1 Å². The van der Waals surface area contributed by atoms with Crippen molar-refractivity contribution in [2.24, 2.45) is 11.8 Å². The molecule has 1 amide bonds. The number of likely N-dealkylation sites (tertiary alicyclic amines) is 1. The number of aryl methyl sites for hydroxylation is 1. The van der Waals surface area contributed by atoms with Crippen molar-refractivity contribution in [2.75, 3.05) is 13.1 Å². The fourth-order valence-electron chi connectivity index (χ4n) is 5.96. The van der Waals surface area contributed by atoms with Gasteiger partial charge in [-0.3, -0.25) is 19.0 Å². The summed E-state index contributed by atoms with van der Waals surface area (Å²) in [6, 6.07) is 7.93. The zero-order valence-electron chi connectivity index (χ0n) is 19.5. The molecule has 7 heteroatoms. The first-order chi connectivity index (χ1) is 16.0. The molecule has 0 spiro atoms. The van der Waals surface area contributed by atoms with Crippen LogP contribution in [0.1, 0.15) is 79.5 Å². The summed E-state index contributed by atoms with van der Waals surface area (Å²) in [5, 5.41) is 4.72. The van der Waals surface area contributed by atoms with Crippen LogP contribution in [-0.4, -0.2) is 38.2 Å². The van der Waals surface area contributed by atoms with Gasteiger partial charge in [-0.2, -0.15) is 5.10 Å². The van der Waals surface area contributed by atoms with Gasteiger partial charge in [-0.05, 0) is 55.2 Å². The predicted molar refractivity (Wildman–Crippen MR) is 127 cm³/mol. The van der Waals surface area contributed by atoms with Gasteiger partial charge in [-0.1, -0.05) is 44.7 Å². The Labute approximate surface area is 194 Å². The Morgan fingerprint density at radius 3 is 2.48 bits per heavy atom. The smallest absolute Gasteiger partial charge is 0.332 e. The van der Waals surface area contributed by atoms with Crippen molar-refractivity contribution in [2.45, 2.75) is 77.3 Å². The highest BCUT2D eigenvalue weighted by Crippen LogP contribution is 2.37. The minimum absolute atomic E-state index is 0.00738. The number of aromatic nitrogens is 3. The zero-order chi connectivity index (χ0) is 22.9. The molecule has 2 atom stereocenters. The van der Waals surface area contributed by atoms with Gasteiger partial charge in [0.05, 0.1) is 0 Å². The number of benzene rings is 1. The first-order valence-electron chi connectivity index (χ1n) is 12.6. The van der Waals surface area contributed by atoms with E-state index in [1.807, 2.05) is 29.2 Å². The highest BCUT2D eigenvalue weighted by molar-refractivity contribution is 5.94. The van der Waals surface area contributed by atoms with Gasteiger partial charge >= 0.3 is 11.1 Å². The summed E-state index contributed by atoms with van der Waals surface area (Å²) in [5.41, 5.74) is 1.01. The van der Waals surface area contributed by atoms with Crippen LogP contribution in [-0.2, 0) is 19.5 Å². The molecule has 0 N–H and O–H groups in total. The van der Waals surface area contributed by atoms with Crippen LogP contribution in [0.25, 0.3) is 0 Å². The Kier molecular flexibility index (Phi) is 6.21. The first kappa shape index (κ1) is 22.1. The molecule has 1 aromatic carbocycles. The van der Waals surface area contributed by atoms with Gasteiger partial charge in [0.15, 0.2) is 0 Å². The van der Waals surface area contributed by atoms with E-state index in [-0.39, 0.29) is 17.7 Å². The molecule has 3 heterocycles. The molecule has 1 aromatic heterocycles. The third-order valence-electron chi connectivity index (χ3n) is 7.85. The second-order valence-corrected chi connectivity index (χ2v) is 10.1. The summed E-state index contributed by atoms with van der Waals surface area (Å²) in [5.74, 6) is 1.41. The zero-order valence-corrected chi connectivity index (χ0v) is 19.5. The standard InChI is InChI=1S/C26H34N4O3/c1-2-6-18-9-11-20(12-10-18)24(31)28-14-13-21-16-29-23(22(21)17-28)27-30(26(33)25(29)32)15-19-7-4-3-5-8-19/h9-12,19,21-22H,2-8,13-17H2,1H3. The summed E-state index contributed by atoms with van der Waals surface area (Å²) < 4.78 is 3.02. The van der Waals surface area contributed by atoms with Gasteiger partial charge in [0.1, 0.15) is 5.82 Å². The van der Waals surface area contributed by atoms with Crippen LogP contribution in [0.4, 0.5) is 0 Å². The molecular formula is C26H34N4O3. The normalized spacial score (nSPS) is 22.8. The highest BCUT2D eigenvalue weighted by Gasteiger charge is 2.41. The van der Waals surface area contributed by atoms with E-state index in [9.17, 15) is 14.4 Å². The van der Waals surface area contributed by atoms with E-state index in [2.05, 4.69) is 6.92 Å². The molecule has 176 valence electrons. The number of carbonyl (C=O) groups is 1. The number of carbonyl (C=O) groups excluding carboxylic acids is 1. The molecule has 33 heavy (non-hydrogen) atoms. The Morgan fingerprint density at radius 2 is 1.76 bits per heavy atom. The summed E-state index contributed by atoms with van der Waals surface area (Å²) in [4.78, 5) is 40.7. The first-order valence-corrected chi connectivity index (χ1v) is 12.6. The van der Waals surface area contributed by atoms with Crippen molar-refractivity contribution in [1.82, 2.24) is 19.2 Å². The molecule has 0 radical (unpaired) electrons. The van der Waals surface area contributed by atoms with Gasteiger partial charge in [0.2, 0.25) is 0 Å². The van der Waals surface area contributed by atoms with E-state index in [1.165, 1.54) is 29.5 Å². The van der Waals surface area contributed by atoms with Crippen LogP contribution in [0.3, 0.4) is 0 Å². The van der Waals surface area contributed by atoms with Crippen molar-refractivity contribution in [1.29, 1.82) is 0 Å². The third kappa shape index (κ3) is 4.30. The number of hydrogen-bond acceptors (Lipinski definition) is 4. The number of hydrogen-bond donors (Lipinski definition) is 0. The van der Waals surface area contributed by atoms with Crippen molar-refractivity contribution in [3.8, 4) is 0 Å².